The van der Waals surface area contributed by atoms with E-state index in [1.807, 2.05) is 18.7 Å². The quantitative estimate of drug-likeness (QED) is 0.815. The van der Waals surface area contributed by atoms with E-state index in [0.717, 1.165) is 38.6 Å². The lowest BCUT2D eigenvalue weighted by molar-refractivity contribution is -0.00257. The van der Waals surface area contributed by atoms with E-state index in [1.165, 1.54) is 6.07 Å². The van der Waals surface area contributed by atoms with Crippen LogP contribution in [0.5, 0.6) is 0 Å². The standard InChI is InChI=1S/C23H30FN3O2/c1-14-8-9-27(14)21-12-20-15(11-19(21)24)10-16(13-25-20)22(28)26-18-6-4-17(5-7-18)23(2,3)29/h10-14,17-18,29H,4-9H2,1-3H3,(H,26,28)/t14-,17?,18?/m0/s1. The van der Waals surface area contributed by atoms with Gasteiger partial charge in [-0.1, -0.05) is 0 Å². The van der Waals surface area contributed by atoms with Gasteiger partial charge in [0.05, 0.1) is 22.4 Å². The zero-order valence-electron chi connectivity index (χ0n) is 17.4. The summed E-state index contributed by atoms with van der Waals surface area (Å²) in [4.78, 5) is 19.2. The summed E-state index contributed by atoms with van der Waals surface area (Å²) in [6, 6.07) is 5.42. The Hall–Kier alpha value is -2.21. The number of pyridine rings is 1. The van der Waals surface area contributed by atoms with Gasteiger partial charge in [0.25, 0.3) is 5.91 Å². The maximum Gasteiger partial charge on any atom is 0.253 e. The van der Waals surface area contributed by atoms with Crippen molar-refractivity contribution in [2.75, 3.05) is 11.4 Å². The lowest BCUT2D eigenvalue weighted by Gasteiger charge is -2.40. The molecule has 5 nitrogen and oxygen atoms in total. The predicted molar refractivity (Wildman–Crippen MR) is 113 cm³/mol. The molecule has 2 heterocycles. The van der Waals surface area contributed by atoms with Gasteiger partial charge < -0.3 is 15.3 Å². The number of carbonyl (C=O) groups excluding carboxylic acids is 1. The van der Waals surface area contributed by atoms with Crippen molar-refractivity contribution in [2.24, 2.45) is 5.92 Å². The molecule has 0 unspecified atom stereocenters. The van der Waals surface area contributed by atoms with E-state index < -0.39 is 5.60 Å². The molecular formula is C23H30FN3O2. The molecule has 1 atom stereocenters. The molecule has 1 amide bonds. The van der Waals surface area contributed by atoms with Gasteiger partial charge in [-0.2, -0.15) is 0 Å². The first-order valence-electron chi connectivity index (χ1n) is 10.6. The Kier molecular flexibility index (Phi) is 5.23. The monoisotopic (exact) mass is 399 g/mol. The second kappa shape index (κ2) is 7.56. The van der Waals surface area contributed by atoms with Crippen molar-refractivity contribution in [1.82, 2.24) is 10.3 Å². The van der Waals surface area contributed by atoms with Crippen molar-refractivity contribution < 1.29 is 14.3 Å². The third-order valence-electron chi connectivity index (χ3n) is 6.70. The molecule has 2 aromatic rings. The van der Waals surface area contributed by atoms with E-state index >= 15 is 0 Å². The number of hydrogen-bond donors (Lipinski definition) is 2. The Balaban J connectivity index is 1.45. The van der Waals surface area contributed by atoms with Crippen LogP contribution in [-0.2, 0) is 0 Å². The number of carbonyl (C=O) groups is 1. The Labute approximate surface area is 171 Å². The van der Waals surface area contributed by atoms with E-state index in [0.29, 0.717) is 28.2 Å². The summed E-state index contributed by atoms with van der Waals surface area (Å²) in [5.74, 6) is -0.176. The van der Waals surface area contributed by atoms with Crippen LogP contribution in [0.25, 0.3) is 10.9 Å². The van der Waals surface area contributed by atoms with E-state index in [4.69, 9.17) is 0 Å². The first-order chi connectivity index (χ1) is 13.7. The summed E-state index contributed by atoms with van der Waals surface area (Å²) >= 11 is 0. The fraction of sp³-hybridized carbons (Fsp3) is 0.565. The molecular weight excluding hydrogens is 369 g/mol. The average Bonchev–Trinajstić information content (AvgIpc) is 2.66. The summed E-state index contributed by atoms with van der Waals surface area (Å²) in [7, 11) is 0. The van der Waals surface area contributed by atoms with Crippen LogP contribution in [0.15, 0.2) is 24.4 Å². The van der Waals surface area contributed by atoms with Gasteiger partial charge in [0.15, 0.2) is 0 Å². The van der Waals surface area contributed by atoms with Crippen LogP contribution in [0, 0.1) is 11.7 Å². The van der Waals surface area contributed by atoms with E-state index in [9.17, 15) is 14.3 Å². The lowest BCUT2D eigenvalue weighted by Crippen LogP contribution is -2.46. The molecule has 1 saturated heterocycles. The molecule has 0 bridgehead atoms. The van der Waals surface area contributed by atoms with Crippen LogP contribution in [0.2, 0.25) is 0 Å². The Morgan fingerprint density at radius 2 is 1.93 bits per heavy atom. The fourth-order valence-corrected chi connectivity index (χ4v) is 4.57. The summed E-state index contributed by atoms with van der Waals surface area (Å²) in [6.45, 7) is 6.65. The van der Waals surface area contributed by atoms with Gasteiger partial charge >= 0.3 is 0 Å². The molecule has 1 aromatic carbocycles. The number of nitrogens with one attached hydrogen (secondary N) is 1. The zero-order valence-corrected chi connectivity index (χ0v) is 17.4. The van der Waals surface area contributed by atoms with Gasteiger partial charge in [0.1, 0.15) is 5.82 Å². The minimum absolute atomic E-state index is 0.101. The SMILES string of the molecule is C[C@H]1CCN1c1cc2ncc(C(=O)NC3CCC(C(C)(C)O)CC3)cc2cc1F. The van der Waals surface area contributed by atoms with Gasteiger partial charge in [0, 0.05) is 30.2 Å². The molecule has 1 aliphatic heterocycles. The van der Waals surface area contributed by atoms with Crippen LogP contribution in [-0.4, -0.2) is 40.2 Å². The first-order valence-corrected chi connectivity index (χ1v) is 10.6. The number of halogens is 1. The summed E-state index contributed by atoms with van der Waals surface area (Å²) < 4.78 is 14.6. The number of fused-ring (bicyclic) bond motifs is 1. The molecule has 2 N–H and O–H groups in total. The molecule has 156 valence electrons. The second-order valence-corrected chi connectivity index (χ2v) is 9.23. The topological polar surface area (TPSA) is 65.5 Å². The van der Waals surface area contributed by atoms with Crippen molar-refractivity contribution in [3.05, 3.63) is 35.8 Å². The number of rotatable bonds is 4. The third kappa shape index (κ3) is 4.08. The predicted octanol–water partition coefficient (Wildman–Crippen LogP) is 4.03. The van der Waals surface area contributed by atoms with E-state index in [-0.39, 0.29) is 23.7 Å². The lowest BCUT2D eigenvalue weighted by atomic mass is 9.77. The van der Waals surface area contributed by atoms with Gasteiger partial charge in [-0.3, -0.25) is 9.78 Å². The van der Waals surface area contributed by atoms with Crippen LogP contribution in [0.1, 0.15) is 63.2 Å². The van der Waals surface area contributed by atoms with Crippen LogP contribution in [0.4, 0.5) is 10.1 Å². The molecule has 0 radical (unpaired) electrons. The smallest absolute Gasteiger partial charge is 0.253 e. The third-order valence-corrected chi connectivity index (χ3v) is 6.70. The number of aliphatic hydroxyl groups is 1. The van der Waals surface area contributed by atoms with Crippen LogP contribution in [0.3, 0.4) is 0 Å². The summed E-state index contributed by atoms with van der Waals surface area (Å²) in [6.07, 6.45) is 6.14. The van der Waals surface area contributed by atoms with Crippen molar-refractivity contribution in [1.29, 1.82) is 0 Å². The molecule has 0 spiro atoms. The number of benzene rings is 1. The number of anilines is 1. The highest BCUT2D eigenvalue weighted by atomic mass is 19.1. The largest absolute Gasteiger partial charge is 0.390 e. The Morgan fingerprint density at radius 1 is 1.21 bits per heavy atom. The molecule has 1 saturated carbocycles. The van der Waals surface area contributed by atoms with E-state index in [1.54, 1.807) is 18.3 Å². The van der Waals surface area contributed by atoms with Gasteiger partial charge in [-0.05, 0) is 77.0 Å². The summed E-state index contributed by atoms with van der Waals surface area (Å²) in [5.41, 5.74) is 1.06. The molecule has 29 heavy (non-hydrogen) atoms. The Morgan fingerprint density at radius 3 is 2.52 bits per heavy atom. The molecule has 1 aliphatic carbocycles. The average molecular weight is 400 g/mol. The van der Waals surface area contributed by atoms with Crippen molar-refractivity contribution >= 4 is 22.5 Å². The highest BCUT2D eigenvalue weighted by Gasteiger charge is 2.32. The number of hydrogen-bond acceptors (Lipinski definition) is 4. The van der Waals surface area contributed by atoms with Crippen molar-refractivity contribution in [3.8, 4) is 0 Å². The second-order valence-electron chi connectivity index (χ2n) is 9.23. The molecule has 6 heteroatoms. The van der Waals surface area contributed by atoms with Crippen LogP contribution >= 0.6 is 0 Å². The maximum atomic E-state index is 14.6. The highest BCUT2D eigenvalue weighted by molar-refractivity contribution is 5.97. The van der Waals surface area contributed by atoms with Gasteiger partial charge in [0.2, 0.25) is 0 Å². The normalized spacial score (nSPS) is 25.0. The number of amides is 1. The van der Waals surface area contributed by atoms with Crippen molar-refractivity contribution in [3.63, 3.8) is 0 Å². The van der Waals surface area contributed by atoms with Gasteiger partial charge in [-0.15, -0.1) is 0 Å². The number of aromatic nitrogens is 1. The minimum atomic E-state index is -0.673. The molecule has 1 aromatic heterocycles. The van der Waals surface area contributed by atoms with Crippen LogP contribution < -0.4 is 10.2 Å². The molecule has 2 aliphatic rings. The fourth-order valence-electron chi connectivity index (χ4n) is 4.57. The van der Waals surface area contributed by atoms with Crippen molar-refractivity contribution in [2.45, 2.75) is 70.6 Å². The molecule has 2 fully saturated rings. The zero-order chi connectivity index (χ0) is 20.8. The highest BCUT2D eigenvalue weighted by Crippen LogP contribution is 2.33. The first kappa shape index (κ1) is 20.1. The summed E-state index contributed by atoms with van der Waals surface area (Å²) in [5, 5.41) is 13.9. The molecule has 4 rings (SSSR count). The maximum absolute atomic E-state index is 14.6. The van der Waals surface area contributed by atoms with E-state index in [2.05, 4.69) is 17.2 Å². The number of nitrogens with zero attached hydrogens (tertiary/aromatic N) is 2. The minimum Gasteiger partial charge on any atom is -0.390 e. The van der Waals surface area contributed by atoms with Gasteiger partial charge in [-0.25, -0.2) is 4.39 Å². The Bertz CT molecular complexity index is 916.